The van der Waals surface area contributed by atoms with Crippen molar-refractivity contribution in [3.8, 4) is 0 Å². The molecule has 0 aliphatic heterocycles. The molecule has 7 nitrogen and oxygen atoms in total. The van der Waals surface area contributed by atoms with E-state index in [1.807, 2.05) is 45.2 Å². The number of aromatic nitrogens is 3. The number of hydrogen-bond donors (Lipinski definition) is 2. The Labute approximate surface area is 170 Å². The third kappa shape index (κ3) is 4.62. The number of carbonyl (C=O) groups excluding carboxylic acids is 2. The van der Waals surface area contributed by atoms with Crippen molar-refractivity contribution in [2.75, 3.05) is 5.32 Å². The maximum absolute atomic E-state index is 12.6. The van der Waals surface area contributed by atoms with E-state index in [1.165, 1.54) is 0 Å². The topological polar surface area (TPSA) is 88.4 Å². The van der Waals surface area contributed by atoms with Gasteiger partial charge >= 0.3 is 0 Å². The first-order valence-corrected chi connectivity index (χ1v) is 9.78. The van der Waals surface area contributed by atoms with Crippen LogP contribution in [-0.2, 0) is 11.2 Å². The smallest absolute Gasteiger partial charge is 0.253 e. The highest BCUT2D eigenvalue weighted by molar-refractivity contribution is 6.03. The number of amides is 2. The van der Waals surface area contributed by atoms with Crippen molar-refractivity contribution in [1.82, 2.24) is 19.9 Å². The highest BCUT2D eigenvalue weighted by atomic mass is 16.2. The molecular weight excluding hydrogens is 366 g/mol. The van der Waals surface area contributed by atoms with Crippen LogP contribution >= 0.6 is 0 Å². The molecule has 0 spiro atoms. The van der Waals surface area contributed by atoms with Gasteiger partial charge in [0.25, 0.3) is 5.91 Å². The molecule has 2 aromatic heterocycles. The van der Waals surface area contributed by atoms with Gasteiger partial charge in [-0.2, -0.15) is 5.10 Å². The van der Waals surface area contributed by atoms with Gasteiger partial charge in [0, 0.05) is 29.9 Å². The van der Waals surface area contributed by atoms with E-state index in [0.717, 1.165) is 28.3 Å². The van der Waals surface area contributed by atoms with Crippen LogP contribution in [0.2, 0.25) is 0 Å². The van der Waals surface area contributed by atoms with Crippen molar-refractivity contribution in [2.24, 2.45) is 0 Å². The second-order valence-electron chi connectivity index (χ2n) is 7.54. The minimum atomic E-state index is -0.203. The summed E-state index contributed by atoms with van der Waals surface area (Å²) in [6.07, 6.45) is 0.834. The Bertz CT molecular complexity index is 1070. The molecule has 0 atom stereocenters. The van der Waals surface area contributed by atoms with E-state index in [1.54, 1.807) is 24.3 Å². The number of nitrogens with zero attached hydrogens (tertiary/aromatic N) is 3. The quantitative estimate of drug-likeness (QED) is 0.672. The lowest BCUT2D eigenvalue weighted by molar-refractivity contribution is -0.116. The first kappa shape index (κ1) is 20.5. The van der Waals surface area contributed by atoms with Crippen LogP contribution in [0.1, 0.15) is 53.3 Å². The van der Waals surface area contributed by atoms with Crippen LogP contribution in [0.3, 0.4) is 0 Å². The molecule has 3 rings (SSSR count). The highest BCUT2D eigenvalue weighted by Crippen LogP contribution is 2.19. The maximum atomic E-state index is 12.6. The molecule has 0 saturated heterocycles. The number of benzene rings is 1. The Morgan fingerprint density at radius 3 is 2.59 bits per heavy atom. The fraction of sp³-hybridized carbons (Fsp3) is 0.364. The lowest BCUT2D eigenvalue weighted by atomic mass is 10.1. The molecule has 2 heterocycles. The van der Waals surface area contributed by atoms with Crippen LogP contribution < -0.4 is 10.6 Å². The van der Waals surface area contributed by atoms with E-state index in [9.17, 15) is 9.59 Å². The van der Waals surface area contributed by atoms with Gasteiger partial charge in [0.1, 0.15) is 0 Å². The van der Waals surface area contributed by atoms with E-state index < -0.39 is 0 Å². The summed E-state index contributed by atoms with van der Waals surface area (Å²) in [5.41, 5.74) is 5.60. The van der Waals surface area contributed by atoms with Gasteiger partial charge in [0.05, 0.1) is 16.9 Å². The third-order valence-corrected chi connectivity index (χ3v) is 4.75. The van der Waals surface area contributed by atoms with Crippen LogP contribution in [0.15, 0.2) is 30.3 Å². The number of hydrogen-bond acceptors (Lipinski definition) is 4. The first-order valence-electron chi connectivity index (χ1n) is 9.78. The van der Waals surface area contributed by atoms with Gasteiger partial charge in [-0.1, -0.05) is 12.1 Å². The average Bonchev–Trinajstić information content (AvgIpc) is 3.01. The third-order valence-electron chi connectivity index (χ3n) is 4.75. The molecule has 0 aliphatic carbocycles. The van der Waals surface area contributed by atoms with E-state index in [4.69, 9.17) is 0 Å². The monoisotopic (exact) mass is 393 g/mol. The molecule has 1 aromatic carbocycles. The second kappa shape index (κ2) is 8.43. The number of carbonyl (C=O) groups is 2. The van der Waals surface area contributed by atoms with Gasteiger partial charge in [-0.3, -0.25) is 9.59 Å². The molecule has 0 radical (unpaired) electrons. The molecule has 0 bridgehead atoms. The highest BCUT2D eigenvalue weighted by Gasteiger charge is 2.16. The maximum Gasteiger partial charge on any atom is 0.253 e. The molecule has 0 unspecified atom stereocenters. The summed E-state index contributed by atoms with van der Waals surface area (Å²) in [5, 5.41) is 10.2. The van der Waals surface area contributed by atoms with E-state index >= 15 is 0 Å². The zero-order valence-corrected chi connectivity index (χ0v) is 17.5. The number of para-hydroxylation sites is 1. The van der Waals surface area contributed by atoms with Crippen LogP contribution in [-0.4, -0.2) is 32.5 Å². The summed E-state index contributed by atoms with van der Waals surface area (Å²) in [4.78, 5) is 29.6. The van der Waals surface area contributed by atoms with E-state index in [0.29, 0.717) is 17.7 Å². The molecule has 0 aliphatic rings. The fourth-order valence-corrected chi connectivity index (χ4v) is 3.38. The van der Waals surface area contributed by atoms with Crippen molar-refractivity contribution in [1.29, 1.82) is 0 Å². The second-order valence-corrected chi connectivity index (χ2v) is 7.54. The number of rotatable bonds is 6. The van der Waals surface area contributed by atoms with Crippen LogP contribution in [0.4, 0.5) is 5.69 Å². The van der Waals surface area contributed by atoms with Crippen LogP contribution in [0.5, 0.6) is 0 Å². The Hall–Kier alpha value is -3.22. The fourth-order valence-electron chi connectivity index (χ4n) is 3.38. The predicted octanol–water partition coefficient (Wildman–Crippen LogP) is 3.36. The standard InChI is InChI=1S/C22H27N5O2/c1-13(2)23-22(29)18-8-6-7-9-19(18)25-21(28)11-10-17-15(4)24-20-12-14(3)26-27(20)16(17)5/h6-9,12-13H,10-11H2,1-5H3,(H,23,29)(H,25,28). The van der Waals surface area contributed by atoms with Crippen LogP contribution in [0.25, 0.3) is 5.65 Å². The molecule has 152 valence electrons. The average molecular weight is 393 g/mol. The van der Waals surface area contributed by atoms with Crippen molar-refractivity contribution < 1.29 is 9.59 Å². The Kier molecular flexibility index (Phi) is 5.96. The number of anilines is 1. The molecule has 2 amide bonds. The van der Waals surface area contributed by atoms with Gasteiger partial charge in [0.15, 0.2) is 5.65 Å². The Morgan fingerprint density at radius 2 is 1.86 bits per heavy atom. The normalized spacial score (nSPS) is 11.1. The predicted molar refractivity (Wildman–Crippen MR) is 113 cm³/mol. The summed E-state index contributed by atoms with van der Waals surface area (Å²) >= 11 is 0. The molecular formula is C22H27N5O2. The summed E-state index contributed by atoms with van der Waals surface area (Å²) < 4.78 is 1.82. The lowest BCUT2D eigenvalue weighted by Crippen LogP contribution is -2.31. The van der Waals surface area contributed by atoms with Crippen molar-refractivity contribution in [3.63, 3.8) is 0 Å². The minimum absolute atomic E-state index is 0.0190. The van der Waals surface area contributed by atoms with Gasteiger partial charge in [-0.15, -0.1) is 0 Å². The van der Waals surface area contributed by atoms with E-state index in [-0.39, 0.29) is 24.3 Å². The number of aryl methyl sites for hydroxylation is 3. The van der Waals surface area contributed by atoms with Crippen molar-refractivity contribution in [2.45, 2.75) is 53.5 Å². The van der Waals surface area contributed by atoms with Crippen molar-refractivity contribution in [3.05, 3.63) is 58.5 Å². The summed E-state index contributed by atoms with van der Waals surface area (Å²) in [5.74, 6) is -0.350. The molecule has 29 heavy (non-hydrogen) atoms. The van der Waals surface area contributed by atoms with Gasteiger partial charge in [-0.05, 0) is 58.7 Å². The van der Waals surface area contributed by atoms with Crippen LogP contribution in [0, 0.1) is 20.8 Å². The van der Waals surface area contributed by atoms with Gasteiger partial charge < -0.3 is 10.6 Å². The molecule has 3 aromatic rings. The molecule has 2 N–H and O–H groups in total. The zero-order valence-electron chi connectivity index (χ0n) is 17.5. The van der Waals surface area contributed by atoms with E-state index in [2.05, 4.69) is 20.7 Å². The summed E-state index contributed by atoms with van der Waals surface area (Å²) in [6, 6.07) is 8.99. The lowest BCUT2D eigenvalue weighted by Gasteiger charge is -2.14. The first-order chi connectivity index (χ1) is 13.8. The summed E-state index contributed by atoms with van der Waals surface area (Å²) in [6.45, 7) is 9.68. The largest absolute Gasteiger partial charge is 0.350 e. The molecule has 7 heteroatoms. The molecule has 0 fully saturated rings. The number of fused-ring (bicyclic) bond motifs is 1. The minimum Gasteiger partial charge on any atom is -0.350 e. The zero-order chi connectivity index (χ0) is 21.1. The Balaban J connectivity index is 1.73. The number of nitrogens with one attached hydrogen (secondary N) is 2. The summed E-state index contributed by atoms with van der Waals surface area (Å²) in [7, 11) is 0. The molecule has 0 saturated carbocycles. The SMILES string of the molecule is Cc1cc2nc(C)c(CCC(=O)Nc3ccccc3C(=O)NC(C)C)c(C)n2n1. The Morgan fingerprint density at radius 1 is 1.14 bits per heavy atom. The van der Waals surface area contributed by atoms with Gasteiger partial charge in [-0.25, -0.2) is 9.50 Å². The van der Waals surface area contributed by atoms with Gasteiger partial charge in [0.2, 0.25) is 5.91 Å². The van der Waals surface area contributed by atoms with Crippen molar-refractivity contribution >= 4 is 23.1 Å².